The number of hydrogen-bond donors (Lipinski definition) is 2. The van der Waals surface area contributed by atoms with E-state index in [1.807, 2.05) is 0 Å². The summed E-state index contributed by atoms with van der Waals surface area (Å²) in [4.78, 5) is 46.3. The molecule has 7 nitrogen and oxygen atoms in total. The molecule has 31 heavy (non-hydrogen) atoms. The van der Waals surface area contributed by atoms with Gasteiger partial charge in [0.2, 0.25) is 5.91 Å². The van der Waals surface area contributed by atoms with Gasteiger partial charge in [-0.25, -0.2) is 9.37 Å². The van der Waals surface area contributed by atoms with Gasteiger partial charge in [-0.15, -0.1) is 0 Å². The van der Waals surface area contributed by atoms with Crippen molar-refractivity contribution in [3.8, 4) is 0 Å². The number of rotatable bonds is 5. The number of aromatic nitrogens is 2. The third-order valence-corrected chi connectivity index (χ3v) is 5.44. The molecule has 0 unspecified atom stereocenters. The van der Waals surface area contributed by atoms with Crippen LogP contribution in [0.4, 0.5) is 4.39 Å². The van der Waals surface area contributed by atoms with Crippen molar-refractivity contribution in [1.82, 2.24) is 20.2 Å². The maximum atomic E-state index is 13.3. The molecule has 3 heterocycles. The van der Waals surface area contributed by atoms with Crippen molar-refractivity contribution >= 4 is 40.1 Å². The summed E-state index contributed by atoms with van der Waals surface area (Å²) >= 11 is 5.90. The maximum absolute atomic E-state index is 13.3. The SMILES string of the molecule is O=C1CCCN(C(=O)[C@H](Cc2ccc(F)cc2)NC(=O)c2cc3cc(Cl)ncc3[nH]2)C1. The van der Waals surface area contributed by atoms with Gasteiger partial charge in [0.25, 0.3) is 5.91 Å². The topological polar surface area (TPSA) is 95.2 Å². The summed E-state index contributed by atoms with van der Waals surface area (Å²) in [7, 11) is 0. The Bertz CT molecular complexity index is 1150. The van der Waals surface area contributed by atoms with Gasteiger partial charge in [-0.1, -0.05) is 23.7 Å². The first-order chi connectivity index (χ1) is 14.9. The summed E-state index contributed by atoms with van der Waals surface area (Å²) in [5.74, 6) is -1.21. The van der Waals surface area contributed by atoms with Gasteiger partial charge in [-0.3, -0.25) is 14.4 Å². The van der Waals surface area contributed by atoms with Crippen LogP contribution in [0.25, 0.3) is 10.9 Å². The highest BCUT2D eigenvalue weighted by molar-refractivity contribution is 6.30. The summed E-state index contributed by atoms with van der Waals surface area (Å²) in [6, 6.07) is 8.10. The predicted octanol–water partition coefficient (Wildman–Crippen LogP) is 2.89. The molecule has 2 amide bonds. The molecule has 0 spiro atoms. The molecule has 9 heteroatoms. The molecule has 1 aromatic carbocycles. The Kier molecular flexibility index (Phi) is 5.99. The fourth-order valence-corrected chi connectivity index (χ4v) is 3.83. The van der Waals surface area contributed by atoms with E-state index >= 15 is 0 Å². The number of halogens is 2. The number of likely N-dealkylation sites (tertiary alicyclic amines) is 1. The summed E-state index contributed by atoms with van der Waals surface area (Å²) in [6.45, 7) is 0.488. The van der Waals surface area contributed by atoms with E-state index in [0.29, 0.717) is 41.0 Å². The number of ketones is 1. The molecule has 0 radical (unpaired) electrons. The standard InChI is InChI=1S/C22H20ClFN4O3/c23-20-10-14-9-17(26-19(14)11-25-20)21(30)27-18(8-13-3-5-15(24)6-4-13)22(31)28-7-1-2-16(29)12-28/h3-6,9-11,18,26H,1-2,7-8,12H2,(H,27,30)/t18-/m0/s1. The summed E-state index contributed by atoms with van der Waals surface area (Å²) < 4.78 is 13.3. The van der Waals surface area contributed by atoms with Crippen molar-refractivity contribution in [3.63, 3.8) is 0 Å². The Labute approximate surface area is 182 Å². The molecule has 2 aromatic heterocycles. The van der Waals surface area contributed by atoms with E-state index in [2.05, 4.69) is 15.3 Å². The van der Waals surface area contributed by atoms with Crippen LogP contribution in [0.15, 0.2) is 42.6 Å². The second-order valence-electron chi connectivity index (χ2n) is 7.54. The van der Waals surface area contributed by atoms with E-state index in [4.69, 9.17) is 11.6 Å². The van der Waals surface area contributed by atoms with Crippen molar-refractivity contribution in [1.29, 1.82) is 0 Å². The number of nitrogens with one attached hydrogen (secondary N) is 2. The average molecular weight is 443 g/mol. The fraction of sp³-hybridized carbons (Fsp3) is 0.273. The Morgan fingerprint density at radius 2 is 2.03 bits per heavy atom. The van der Waals surface area contributed by atoms with Crippen molar-refractivity contribution in [2.24, 2.45) is 0 Å². The van der Waals surface area contributed by atoms with Gasteiger partial charge in [0.1, 0.15) is 22.7 Å². The Morgan fingerprint density at radius 3 is 2.77 bits per heavy atom. The highest BCUT2D eigenvalue weighted by atomic mass is 35.5. The zero-order valence-electron chi connectivity index (χ0n) is 16.5. The molecule has 1 aliphatic rings. The van der Waals surface area contributed by atoms with Gasteiger partial charge < -0.3 is 15.2 Å². The van der Waals surface area contributed by atoms with Crippen LogP contribution in [0, 0.1) is 5.82 Å². The molecule has 1 saturated heterocycles. The third-order valence-electron chi connectivity index (χ3n) is 5.24. The number of amides is 2. The predicted molar refractivity (Wildman–Crippen MR) is 113 cm³/mol. The molecule has 160 valence electrons. The third kappa shape index (κ3) is 4.91. The number of pyridine rings is 1. The van der Waals surface area contributed by atoms with Crippen LogP contribution in [-0.4, -0.2) is 51.6 Å². The van der Waals surface area contributed by atoms with E-state index < -0.39 is 11.9 Å². The van der Waals surface area contributed by atoms with E-state index in [0.717, 1.165) is 0 Å². The number of aromatic amines is 1. The van der Waals surface area contributed by atoms with Gasteiger partial charge >= 0.3 is 0 Å². The second kappa shape index (κ2) is 8.85. The number of fused-ring (bicyclic) bond motifs is 1. The second-order valence-corrected chi connectivity index (χ2v) is 7.92. The van der Waals surface area contributed by atoms with E-state index in [1.165, 1.54) is 23.2 Å². The number of Topliss-reactive ketones (excluding diaryl/α,β-unsaturated/α-hetero) is 1. The normalized spacial score (nSPS) is 15.2. The van der Waals surface area contributed by atoms with Crippen molar-refractivity contribution in [2.45, 2.75) is 25.3 Å². The number of nitrogens with zero attached hydrogens (tertiary/aromatic N) is 2. The lowest BCUT2D eigenvalue weighted by Crippen LogP contribution is -2.52. The number of piperidine rings is 1. The zero-order chi connectivity index (χ0) is 22.0. The van der Waals surface area contributed by atoms with Gasteiger partial charge in [0, 0.05) is 24.8 Å². The Balaban J connectivity index is 1.57. The van der Waals surface area contributed by atoms with Crippen LogP contribution in [0.2, 0.25) is 5.15 Å². The molecule has 0 saturated carbocycles. The fourth-order valence-electron chi connectivity index (χ4n) is 3.67. The Morgan fingerprint density at radius 1 is 1.26 bits per heavy atom. The lowest BCUT2D eigenvalue weighted by molar-refractivity contribution is -0.139. The number of carbonyl (C=O) groups excluding carboxylic acids is 3. The summed E-state index contributed by atoms with van der Waals surface area (Å²) in [6.07, 6.45) is 2.74. The van der Waals surface area contributed by atoms with Crippen LogP contribution in [-0.2, 0) is 16.0 Å². The van der Waals surface area contributed by atoms with E-state index in [1.54, 1.807) is 24.3 Å². The molecule has 4 rings (SSSR count). The van der Waals surface area contributed by atoms with Gasteiger partial charge in [-0.2, -0.15) is 0 Å². The molecule has 1 fully saturated rings. The van der Waals surface area contributed by atoms with Crippen molar-refractivity contribution < 1.29 is 18.8 Å². The minimum absolute atomic E-state index is 0.00791. The largest absolute Gasteiger partial charge is 0.349 e. The highest BCUT2D eigenvalue weighted by Crippen LogP contribution is 2.18. The zero-order valence-corrected chi connectivity index (χ0v) is 17.3. The van der Waals surface area contributed by atoms with Crippen LogP contribution in [0.1, 0.15) is 28.9 Å². The first-order valence-electron chi connectivity index (χ1n) is 9.89. The van der Waals surface area contributed by atoms with Crippen LogP contribution >= 0.6 is 11.6 Å². The average Bonchev–Trinajstić information content (AvgIpc) is 3.17. The summed E-state index contributed by atoms with van der Waals surface area (Å²) in [5, 5.41) is 3.78. The van der Waals surface area contributed by atoms with E-state index in [9.17, 15) is 18.8 Å². The van der Waals surface area contributed by atoms with Crippen LogP contribution < -0.4 is 5.32 Å². The van der Waals surface area contributed by atoms with Crippen LogP contribution in [0.5, 0.6) is 0 Å². The first-order valence-corrected chi connectivity index (χ1v) is 10.3. The monoisotopic (exact) mass is 442 g/mol. The smallest absolute Gasteiger partial charge is 0.268 e. The van der Waals surface area contributed by atoms with Gasteiger partial charge in [0.05, 0.1) is 18.3 Å². The van der Waals surface area contributed by atoms with Gasteiger partial charge in [-0.05, 0) is 36.2 Å². The minimum Gasteiger partial charge on any atom is -0.349 e. The molecule has 0 aliphatic carbocycles. The molecule has 1 aliphatic heterocycles. The minimum atomic E-state index is -0.906. The number of benzene rings is 1. The maximum Gasteiger partial charge on any atom is 0.268 e. The number of hydrogen-bond acceptors (Lipinski definition) is 4. The van der Waals surface area contributed by atoms with Gasteiger partial charge in [0.15, 0.2) is 5.78 Å². The molecule has 3 aromatic rings. The lowest BCUT2D eigenvalue weighted by Gasteiger charge is -2.30. The molecular weight excluding hydrogens is 423 g/mol. The summed E-state index contributed by atoms with van der Waals surface area (Å²) in [5.41, 5.74) is 1.58. The molecule has 0 bridgehead atoms. The van der Waals surface area contributed by atoms with Crippen LogP contribution in [0.3, 0.4) is 0 Å². The number of carbonyl (C=O) groups is 3. The highest BCUT2D eigenvalue weighted by Gasteiger charge is 2.30. The molecular formula is C22H20ClFN4O3. The first kappa shape index (κ1) is 21.0. The molecule has 2 N–H and O–H groups in total. The molecule has 1 atom stereocenters. The quantitative estimate of drug-likeness (QED) is 0.594. The van der Waals surface area contributed by atoms with Crippen molar-refractivity contribution in [3.05, 3.63) is 64.8 Å². The lowest BCUT2D eigenvalue weighted by atomic mass is 10.0. The van der Waals surface area contributed by atoms with Crippen molar-refractivity contribution in [2.75, 3.05) is 13.1 Å². The number of H-pyrrole nitrogens is 1. The Hall–Kier alpha value is -3.26. The van der Waals surface area contributed by atoms with E-state index in [-0.39, 0.29) is 36.2 Å².